The van der Waals surface area contributed by atoms with E-state index in [0.717, 1.165) is 31.6 Å². The molecule has 0 bridgehead atoms. The summed E-state index contributed by atoms with van der Waals surface area (Å²) in [5.74, 6) is 3.62. The Morgan fingerprint density at radius 1 is 0.674 bits per heavy atom. The number of carbonyl (C=O) groups is 3. The topological polar surface area (TPSA) is 88.1 Å². The van der Waals surface area contributed by atoms with Gasteiger partial charge in [0.1, 0.15) is 0 Å². The summed E-state index contributed by atoms with van der Waals surface area (Å²) < 4.78 is 26.7. The zero-order valence-electron chi connectivity index (χ0n) is 30.3. The minimum Gasteiger partial charge on any atom is -0.552 e. The molecule has 0 saturated heterocycles. The summed E-state index contributed by atoms with van der Waals surface area (Å²) in [7, 11) is -4.15. The van der Waals surface area contributed by atoms with Gasteiger partial charge in [-0.05, 0) is 91.4 Å². The Labute approximate surface area is 286 Å². The third-order valence-electron chi connectivity index (χ3n) is 10.1. The normalized spacial score (nSPS) is 28.4. The maximum atomic E-state index is 12.0. The third-order valence-corrected chi connectivity index (χ3v) is 19.2. The van der Waals surface area contributed by atoms with Gasteiger partial charge in [-0.15, -0.1) is 0 Å². The number of unbranched alkanes of at least 4 members (excludes halogenated alkanes) is 3. The Bertz CT molecular complexity index is 1040. The fourth-order valence-corrected chi connectivity index (χ4v) is 15.5. The van der Waals surface area contributed by atoms with Crippen LogP contribution in [0.3, 0.4) is 0 Å². The first kappa shape index (κ1) is 40.4. The highest BCUT2D eigenvalue weighted by atomic mass is 28.3. The molecule has 0 aliphatic heterocycles. The monoisotopic (exact) mass is 692 g/mol. The molecule has 2 atom stereocenters. The molecule has 0 heterocycles. The lowest BCUT2D eigenvalue weighted by Crippen LogP contribution is -2.63. The highest BCUT2D eigenvalue weighted by Crippen LogP contribution is 2.59. The Morgan fingerprint density at radius 2 is 1.20 bits per heavy atom. The van der Waals surface area contributed by atoms with E-state index < -0.39 is 34.5 Å². The van der Waals surface area contributed by atoms with E-state index in [2.05, 4.69) is 13.8 Å². The van der Waals surface area contributed by atoms with Gasteiger partial charge in [0.2, 0.25) is 19.5 Å². The summed E-state index contributed by atoms with van der Waals surface area (Å²) in [5, 5.41) is -0.514. The molecule has 0 amide bonds. The maximum Gasteiger partial charge on any atom is 0.250 e. The van der Waals surface area contributed by atoms with Crippen LogP contribution in [0.15, 0.2) is 35.5 Å². The van der Waals surface area contributed by atoms with Crippen molar-refractivity contribution in [2.45, 2.75) is 149 Å². The molecular formula is C36H64O7Si3. The fraction of sp³-hybridized carbons (Fsp3) is 0.750. The first-order valence-corrected chi connectivity index (χ1v) is 21.8. The van der Waals surface area contributed by atoms with E-state index in [-0.39, 0.29) is 22.0 Å². The van der Waals surface area contributed by atoms with Crippen LogP contribution in [-0.2, 0) is 32.4 Å². The van der Waals surface area contributed by atoms with Crippen LogP contribution in [0, 0.1) is 17.8 Å². The number of carbonyl (C=O) groups excluding carboxylic acids is 3. The van der Waals surface area contributed by atoms with Crippen molar-refractivity contribution in [3.05, 3.63) is 35.5 Å². The molecule has 10 heteroatoms. The minimum atomic E-state index is -1.39. The molecular weight excluding hydrogens is 629 g/mol. The van der Waals surface area contributed by atoms with Crippen molar-refractivity contribution in [1.82, 2.24) is 0 Å². The smallest absolute Gasteiger partial charge is 0.250 e. The summed E-state index contributed by atoms with van der Waals surface area (Å²) >= 11 is 0. The number of hydrogen-bond acceptors (Lipinski definition) is 7. The van der Waals surface area contributed by atoms with Crippen LogP contribution in [0.4, 0.5) is 0 Å². The van der Waals surface area contributed by atoms with Crippen LogP contribution in [-0.4, -0.2) is 58.5 Å². The quantitative estimate of drug-likeness (QED) is 0.0581. The van der Waals surface area contributed by atoms with E-state index in [0.29, 0.717) is 35.7 Å². The van der Waals surface area contributed by atoms with Crippen LogP contribution in [0.2, 0.25) is 4.66 Å². The molecule has 2 aliphatic carbocycles. The van der Waals surface area contributed by atoms with Gasteiger partial charge >= 0.3 is 0 Å². The maximum absolute atomic E-state index is 12.0. The molecule has 2 unspecified atom stereocenters. The predicted octanol–water partition coefficient (Wildman–Crippen LogP) is 6.58. The van der Waals surface area contributed by atoms with Crippen LogP contribution in [0.1, 0.15) is 139 Å². The number of ketones is 3. The van der Waals surface area contributed by atoms with E-state index in [1.807, 2.05) is 20.8 Å². The van der Waals surface area contributed by atoms with Crippen molar-refractivity contribution < 1.29 is 32.4 Å². The van der Waals surface area contributed by atoms with Gasteiger partial charge in [-0.2, -0.15) is 0 Å². The summed E-state index contributed by atoms with van der Waals surface area (Å²) in [5.41, 5.74) is 0. The van der Waals surface area contributed by atoms with Crippen LogP contribution in [0.5, 0.6) is 0 Å². The summed E-state index contributed by atoms with van der Waals surface area (Å²) in [6.07, 6.45) is 20.3. The molecule has 2 rings (SSSR count). The Kier molecular flexibility index (Phi) is 18.1. The van der Waals surface area contributed by atoms with E-state index in [1.165, 1.54) is 57.8 Å². The summed E-state index contributed by atoms with van der Waals surface area (Å²) in [6, 6.07) is 0. The zero-order valence-corrected chi connectivity index (χ0v) is 34.6. The molecule has 0 N–H and O–H groups in total. The first-order valence-electron chi connectivity index (χ1n) is 18.0. The number of hydrogen-bond donors (Lipinski definition) is 0. The average Bonchev–Trinajstić information content (AvgIpc) is 2.99. The lowest BCUT2D eigenvalue weighted by molar-refractivity contribution is -0.113. The van der Waals surface area contributed by atoms with Crippen molar-refractivity contribution in [3.8, 4) is 0 Å². The fourth-order valence-electron chi connectivity index (χ4n) is 7.89. The number of allylic oxidation sites excluding steroid dienone is 6. The largest absolute Gasteiger partial charge is 0.552 e. The predicted molar refractivity (Wildman–Crippen MR) is 195 cm³/mol. The van der Waals surface area contributed by atoms with Gasteiger partial charge in [-0.1, -0.05) is 65.2 Å². The third kappa shape index (κ3) is 12.7. The molecule has 0 aromatic heterocycles. The second-order valence-corrected chi connectivity index (χ2v) is 20.5. The van der Waals surface area contributed by atoms with Crippen LogP contribution < -0.4 is 0 Å². The lowest BCUT2D eigenvalue weighted by Gasteiger charge is -2.58. The van der Waals surface area contributed by atoms with Gasteiger partial charge in [0, 0.05) is 24.8 Å². The molecule has 0 aromatic carbocycles. The second-order valence-electron chi connectivity index (χ2n) is 14.1. The molecule has 2 saturated carbocycles. The highest BCUT2D eigenvalue weighted by molar-refractivity contribution is 6.60. The van der Waals surface area contributed by atoms with Crippen molar-refractivity contribution in [3.63, 3.8) is 0 Å². The van der Waals surface area contributed by atoms with Crippen molar-refractivity contribution in [2.75, 3.05) is 6.61 Å². The molecule has 0 spiro atoms. The average molecular weight is 693 g/mol. The van der Waals surface area contributed by atoms with E-state index in [1.54, 1.807) is 39.0 Å². The summed E-state index contributed by atoms with van der Waals surface area (Å²) in [6.45, 7) is 15.3. The Morgan fingerprint density at radius 3 is 1.67 bits per heavy atom. The zero-order chi connectivity index (χ0) is 34.2. The van der Waals surface area contributed by atoms with Gasteiger partial charge in [0.15, 0.2) is 17.3 Å². The lowest BCUT2D eigenvalue weighted by atomic mass is 9.68. The molecule has 0 radical (unpaired) electrons. The van der Waals surface area contributed by atoms with Crippen molar-refractivity contribution in [2.24, 2.45) is 17.8 Å². The molecule has 0 aromatic rings. The molecule has 7 nitrogen and oxygen atoms in total. The van der Waals surface area contributed by atoms with Gasteiger partial charge in [-0.25, -0.2) is 0 Å². The van der Waals surface area contributed by atoms with E-state index in [4.69, 9.17) is 18.0 Å². The van der Waals surface area contributed by atoms with Gasteiger partial charge in [-0.3, -0.25) is 14.4 Å². The second kappa shape index (κ2) is 20.6. The van der Waals surface area contributed by atoms with Gasteiger partial charge in [0.25, 0.3) is 9.76 Å². The molecule has 2 aliphatic rings. The molecule has 2 fully saturated rings. The number of rotatable bonds is 21. The first-order chi connectivity index (χ1) is 21.9. The van der Waals surface area contributed by atoms with Gasteiger partial charge < -0.3 is 18.0 Å². The SMILES string of the molecule is CCCCCC[C@H]1CC[C@H](C2CCCC(OCCC)([SiH2]OC(C)=CC(C)=O)C2([SiH2]OC(C)=CC(C)=O)[SiH2]OC(C)=CC(C)=O)CC1. The minimum absolute atomic E-state index is 0.0251. The van der Waals surface area contributed by atoms with Crippen LogP contribution >= 0.6 is 0 Å². The number of ether oxygens (including phenoxy) is 1. The molecule has 262 valence electrons. The molecule has 46 heavy (non-hydrogen) atoms. The standard InChI is InChI=1S/C36H64O7Si3/c1-9-11-12-13-15-32-17-19-33(20-18-32)34-16-14-21-35(40-22-10-2,44-41-29(6)23-26(3)37)36(34,45-42-30(7)24-27(4)38)46-43-31(8)25-28(5)39/h23-25,32-34H,9-22,44-46H2,1-8H3/t32-,33-,34?,35?,36?. The van der Waals surface area contributed by atoms with Crippen molar-refractivity contribution in [1.29, 1.82) is 0 Å². The Balaban J connectivity index is 2.61. The Hall–Kier alpha value is -1.76. The van der Waals surface area contributed by atoms with Crippen LogP contribution in [0.25, 0.3) is 0 Å². The summed E-state index contributed by atoms with van der Waals surface area (Å²) in [4.78, 5) is 36.0. The van der Waals surface area contributed by atoms with E-state index >= 15 is 0 Å². The highest BCUT2D eigenvalue weighted by Gasteiger charge is 2.63. The van der Waals surface area contributed by atoms with Crippen molar-refractivity contribution >= 4 is 46.6 Å². The van der Waals surface area contributed by atoms with Gasteiger partial charge in [0.05, 0.1) is 27.2 Å². The van der Waals surface area contributed by atoms with E-state index in [9.17, 15) is 14.4 Å².